The number of nitrogens with one attached hydrogen (secondary N) is 2. The van der Waals surface area contributed by atoms with Gasteiger partial charge >= 0.3 is 0 Å². The molecule has 1 aromatic carbocycles. The summed E-state index contributed by atoms with van der Waals surface area (Å²) in [6, 6.07) is 3.29. The minimum absolute atomic E-state index is 0. The number of hydrogen-bond donors (Lipinski definition) is 3. The number of nitrogens with zero attached hydrogens (tertiary/aromatic N) is 1. The molecule has 0 aromatic heterocycles. The normalized spacial score (nSPS) is 13.8. The van der Waals surface area contributed by atoms with Gasteiger partial charge in [-0.1, -0.05) is 23.2 Å². The van der Waals surface area contributed by atoms with Gasteiger partial charge in [0.15, 0.2) is 5.96 Å². The summed E-state index contributed by atoms with van der Waals surface area (Å²) in [5.74, 6) is 0.684. The van der Waals surface area contributed by atoms with Crippen LogP contribution >= 0.6 is 23.2 Å². The Kier molecular flexibility index (Phi) is 4.53. The Morgan fingerprint density at radius 2 is 1.94 bits per heavy atom. The molecular weight excluding hydrogens is 270 g/mol. The maximum Gasteiger partial charge on any atom is 0.196 e. The summed E-state index contributed by atoms with van der Waals surface area (Å²) < 4.78 is 0. The van der Waals surface area contributed by atoms with Crippen LogP contribution in [0.2, 0.25) is 10.0 Å². The van der Waals surface area contributed by atoms with Gasteiger partial charge in [0.2, 0.25) is 0 Å². The number of guanidine groups is 1. The molecule has 0 spiro atoms. The molecule has 1 aromatic rings. The number of benzene rings is 1. The third-order valence-electron chi connectivity index (χ3n) is 1.98. The minimum Gasteiger partial charge on any atom is -1.00 e. The van der Waals surface area contributed by atoms with Gasteiger partial charge in [-0.2, -0.15) is 0 Å². The van der Waals surface area contributed by atoms with Gasteiger partial charge in [-0.25, -0.2) is 0 Å². The second-order valence-corrected chi connectivity index (χ2v) is 3.96. The van der Waals surface area contributed by atoms with Crippen LogP contribution in [0.1, 0.15) is 0 Å². The second kappa shape index (κ2) is 5.48. The van der Waals surface area contributed by atoms with Crippen LogP contribution in [0.25, 0.3) is 0 Å². The van der Waals surface area contributed by atoms with E-state index in [0.29, 0.717) is 27.4 Å². The quantitative estimate of drug-likeness (QED) is 0.575. The molecule has 1 aliphatic heterocycles. The van der Waals surface area contributed by atoms with Gasteiger partial charge in [0.1, 0.15) is 0 Å². The molecule has 0 atom stereocenters. The third kappa shape index (κ3) is 2.84. The van der Waals surface area contributed by atoms with Crippen molar-refractivity contribution in [3.05, 3.63) is 22.2 Å². The summed E-state index contributed by atoms with van der Waals surface area (Å²) in [6.07, 6.45) is 0. The fourth-order valence-electron chi connectivity index (χ4n) is 1.31. The van der Waals surface area contributed by atoms with Crippen LogP contribution in [-0.2, 0) is 0 Å². The fraction of sp³-hybridized carbons (Fsp3) is 0.222. The summed E-state index contributed by atoms with van der Waals surface area (Å²) in [4.78, 5) is 4.18. The highest BCUT2D eigenvalue weighted by molar-refractivity contribution is 6.40. The summed E-state index contributed by atoms with van der Waals surface area (Å²) in [6.45, 7) is 1.58. The molecule has 1 aliphatic rings. The van der Waals surface area contributed by atoms with Gasteiger partial charge in [0.05, 0.1) is 22.3 Å². The molecule has 4 nitrogen and oxygen atoms in total. The molecular formula is C9H10Cl3N4-. The fourth-order valence-corrected chi connectivity index (χ4v) is 1.91. The molecule has 0 fully saturated rings. The Morgan fingerprint density at radius 1 is 1.31 bits per heavy atom. The predicted octanol–water partition coefficient (Wildman–Crippen LogP) is -1.05. The smallest absolute Gasteiger partial charge is 0.196 e. The monoisotopic (exact) mass is 279 g/mol. The molecule has 4 N–H and O–H groups in total. The molecule has 0 saturated heterocycles. The van der Waals surface area contributed by atoms with Gasteiger partial charge in [-0.05, 0) is 12.1 Å². The molecule has 16 heavy (non-hydrogen) atoms. The Bertz CT molecular complexity index is 396. The van der Waals surface area contributed by atoms with Crippen molar-refractivity contribution in [3.8, 4) is 0 Å². The molecule has 88 valence electrons. The topological polar surface area (TPSA) is 62.4 Å². The van der Waals surface area contributed by atoms with Crippen molar-refractivity contribution in [2.45, 2.75) is 0 Å². The maximum absolute atomic E-state index is 6.00. The zero-order chi connectivity index (χ0) is 10.8. The number of anilines is 2. The summed E-state index contributed by atoms with van der Waals surface area (Å²) >= 11 is 12.0. The van der Waals surface area contributed by atoms with Crippen LogP contribution in [0.4, 0.5) is 11.4 Å². The molecule has 0 radical (unpaired) electrons. The van der Waals surface area contributed by atoms with E-state index in [9.17, 15) is 0 Å². The Hall–Kier alpha value is -0.840. The molecule has 0 bridgehead atoms. The average molecular weight is 281 g/mol. The molecule has 0 unspecified atom stereocenters. The Balaban J connectivity index is 0.00000128. The van der Waals surface area contributed by atoms with E-state index in [-0.39, 0.29) is 12.4 Å². The van der Waals surface area contributed by atoms with Crippen LogP contribution in [0.15, 0.2) is 17.1 Å². The van der Waals surface area contributed by atoms with E-state index in [4.69, 9.17) is 28.9 Å². The number of nitrogens with two attached hydrogens (primary N) is 1. The number of aliphatic imine (C=N–C) groups is 1. The summed E-state index contributed by atoms with van der Waals surface area (Å²) in [5.41, 5.74) is 6.76. The first-order chi connectivity index (χ1) is 7.16. The van der Waals surface area contributed by atoms with E-state index in [1.165, 1.54) is 0 Å². The second-order valence-electron chi connectivity index (χ2n) is 3.14. The van der Waals surface area contributed by atoms with Crippen molar-refractivity contribution in [1.82, 2.24) is 5.32 Å². The van der Waals surface area contributed by atoms with Gasteiger partial charge in [0.25, 0.3) is 0 Å². The van der Waals surface area contributed by atoms with Crippen molar-refractivity contribution in [1.29, 1.82) is 0 Å². The molecule has 2 rings (SSSR count). The van der Waals surface area contributed by atoms with Crippen molar-refractivity contribution < 1.29 is 12.4 Å². The molecule has 0 saturated carbocycles. The average Bonchev–Trinajstić information content (AvgIpc) is 2.63. The SMILES string of the molecule is Nc1cc(Cl)c(NC2=NCCN2)c(Cl)c1.[Cl-]. The van der Waals surface area contributed by atoms with Crippen LogP contribution in [0, 0.1) is 0 Å². The van der Waals surface area contributed by atoms with E-state index in [2.05, 4.69) is 15.6 Å². The lowest BCUT2D eigenvalue weighted by Crippen LogP contribution is -3.00. The van der Waals surface area contributed by atoms with Crippen molar-refractivity contribution in [3.63, 3.8) is 0 Å². The lowest BCUT2D eigenvalue weighted by atomic mass is 10.3. The number of halogens is 3. The van der Waals surface area contributed by atoms with E-state index < -0.39 is 0 Å². The Labute approximate surface area is 110 Å². The highest BCUT2D eigenvalue weighted by atomic mass is 35.5. The lowest BCUT2D eigenvalue weighted by Gasteiger charge is -2.11. The van der Waals surface area contributed by atoms with E-state index in [0.717, 1.165) is 13.1 Å². The molecule has 7 heteroatoms. The van der Waals surface area contributed by atoms with Gasteiger partial charge in [-0.15, -0.1) is 0 Å². The van der Waals surface area contributed by atoms with Crippen LogP contribution in [0.5, 0.6) is 0 Å². The van der Waals surface area contributed by atoms with Crippen molar-refractivity contribution in [2.24, 2.45) is 4.99 Å². The van der Waals surface area contributed by atoms with E-state index >= 15 is 0 Å². The Morgan fingerprint density at radius 3 is 2.44 bits per heavy atom. The first kappa shape index (κ1) is 13.2. The lowest BCUT2D eigenvalue weighted by molar-refractivity contribution is -0.00000295. The maximum atomic E-state index is 6.00. The van der Waals surface area contributed by atoms with Crippen LogP contribution in [0.3, 0.4) is 0 Å². The first-order valence-corrected chi connectivity index (χ1v) is 5.22. The summed E-state index contributed by atoms with van der Waals surface area (Å²) in [7, 11) is 0. The minimum atomic E-state index is 0. The summed E-state index contributed by atoms with van der Waals surface area (Å²) in [5, 5.41) is 7.05. The van der Waals surface area contributed by atoms with Crippen LogP contribution < -0.4 is 28.8 Å². The zero-order valence-electron chi connectivity index (χ0n) is 8.23. The largest absolute Gasteiger partial charge is 1.00 e. The van der Waals surface area contributed by atoms with Crippen molar-refractivity contribution >= 4 is 40.5 Å². The van der Waals surface area contributed by atoms with E-state index in [1.54, 1.807) is 12.1 Å². The van der Waals surface area contributed by atoms with Gasteiger partial charge in [-0.3, -0.25) is 4.99 Å². The molecule has 0 aliphatic carbocycles. The number of hydrogen-bond acceptors (Lipinski definition) is 4. The number of rotatable bonds is 1. The standard InChI is InChI=1S/C9H10Cl2N4.ClH/c10-6-3-5(12)4-7(11)8(6)15-9-13-1-2-14-9;/h3-4H,1-2,12H2,(H2,13,14,15);1H/p-1. The zero-order valence-corrected chi connectivity index (χ0v) is 10.5. The highest BCUT2D eigenvalue weighted by Gasteiger charge is 2.11. The number of nitrogen functional groups attached to an aromatic ring is 1. The van der Waals surface area contributed by atoms with Crippen LogP contribution in [-0.4, -0.2) is 19.0 Å². The third-order valence-corrected chi connectivity index (χ3v) is 2.58. The van der Waals surface area contributed by atoms with Gasteiger partial charge < -0.3 is 28.8 Å². The first-order valence-electron chi connectivity index (χ1n) is 4.46. The molecule has 0 amide bonds. The highest BCUT2D eigenvalue weighted by Crippen LogP contribution is 2.32. The predicted molar refractivity (Wildman–Crippen MR) is 64.8 cm³/mol. The van der Waals surface area contributed by atoms with E-state index in [1.807, 2.05) is 0 Å². The van der Waals surface area contributed by atoms with Crippen molar-refractivity contribution in [2.75, 3.05) is 24.1 Å². The molecule has 1 heterocycles. The van der Waals surface area contributed by atoms with Gasteiger partial charge in [0, 0.05) is 12.2 Å².